The molecule has 0 aromatic carbocycles. The van der Waals surface area contributed by atoms with Crippen LogP contribution in [0.5, 0.6) is 0 Å². The van der Waals surface area contributed by atoms with Gasteiger partial charge in [0.15, 0.2) is 0 Å². The van der Waals surface area contributed by atoms with Gasteiger partial charge >= 0.3 is 0 Å². The molecule has 90 valence electrons. The minimum atomic E-state index is 0.330. The fourth-order valence-corrected chi connectivity index (χ4v) is 1.71. The zero-order chi connectivity index (χ0) is 12.0. The van der Waals surface area contributed by atoms with Gasteiger partial charge in [-0.25, -0.2) is 4.98 Å². The van der Waals surface area contributed by atoms with Crippen molar-refractivity contribution >= 4 is 11.8 Å². The van der Waals surface area contributed by atoms with Gasteiger partial charge in [-0.2, -0.15) is 4.98 Å². The van der Waals surface area contributed by atoms with E-state index >= 15 is 0 Å². The number of unbranched alkanes of at least 4 members (excludes halogenated alkanes) is 1. The highest BCUT2D eigenvalue weighted by atomic mass is 15.1. The summed E-state index contributed by atoms with van der Waals surface area (Å²) in [6, 6.07) is 0. The molecule has 0 aliphatic carbocycles. The quantitative estimate of drug-likeness (QED) is 0.668. The molecule has 0 fully saturated rings. The molecule has 0 atom stereocenters. The molecular weight excluding hydrogens is 202 g/mol. The summed E-state index contributed by atoms with van der Waals surface area (Å²) in [6.45, 7) is 2.76. The lowest BCUT2D eigenvalue weighted by atomic mass is 10.1. The molecule has 5 heteroatoms. The summed E-state index contributed by atoms with van der Waals surface area (Å²) in [7, 11) is 1.84. The Morgan fingerprint density at radius 2 is 2.00 bits per heavy atom. The van der Waals surface area contributed by atoms with E-state index in [0.717, 1.165) is 42.8 Å². The van der Waals surface area contributed by atoms with Crippen LogP contribution in [0, 0.1) is 0 Å². The summed E-state index contributed by atoms with van der Waals surface area (Å²) < 4.78 is 0. The van der Waals surface area contributed by atoms with Crippen LogP contribution in [0.4, 0.5) is 11.8 Å². The van der Waals surface area contributed by atoms with E-state index in [1.165, 1.54) is 0 Å². The molecule has 1 aromatic heterocycles. The Kier molecular flexibility index (Phi) is 4.98. The smallest absolute Gasteiger partial charge is 0.222 e. The van der Waals surface area contributed by atoms with Crippen molar-refractivity contribution in [1.29, 1.82) is 0 Å². The Balaban J connectivity index is 3.05. The van der Waals surface area contributed by atoms with Crippen LogP contribution in [0.2, 0.25) is 0 Å². The molecule has 0 saturated heterocycles. The van der Waals surface area contributed by atoms with Gasteiger partial charge in [0.1, 0.15) is 5.82 Å². The topological polar surface area (TPSA) is 89.8 Å². The minimum absolute atomic E-state index is 0.330. The third-order valence-electron chi connectivity index (χ3n) is 2.51. The maximum Gasteiger partial charge on any atom is 0.222 e. The van der Waals surface area contributed by atoms with Crippen LogP contribution in [-0.4, -0.2) is 23.6 Å². The molecule has 1 heterocycles. The molecule has 5 nitrogen and oxygen atoms in total. The Morgan fingerprint density at radius 1 is 1.25 bits per heavy atom. The SMILES string of the molecule is CCCCc1nc(N)nc(NC)c1CCN. The number of hydrogen-bond donors (Lipinski definition) is 3. The summed E-state index contributed by atoms with van der Waals surface area (Å²) >= 11 is 0. The summed E-state index contributed by atoms with van der Waals surface area (Å²) in [5.41, 5.74) is 13.4. The molecule has 0 unspecified atom stereocenters. The van der Waals surface area contributed by atoms with E-state index in [1.54, 1.807) is 0 Å². The van der Waals surface area contributed by atoms with Gasteiger partial charge in [-0.3, -0.25) is 0 Å². The van der Waals surface area contributed by atoms with Gasteiger partial charge in [0.05, 0.1) is 5.69 Å². The Hall–Kier alpha value is -1.36. The van der Waals surface area contributed by atoms with Crippen LogP contribution in [-0.2, 0) is 12.8 Å². The Labute approximate surface area is 96.7 Å². The normalized spacial score (nSPS) is 10.4. The first-order valence-electron chi connectivity index (χ1n) is 5.76. The monoisotopic (exact) mass is 223 g/mol. The molecule has 0 spiro atoms. The average Bonchev–Trinajstić information content (AvgIpc) is 2.29. The number of anilines is 2. The lowest BCUT2D eigenvalue weighted by molar-refractivity contribution is 0.760. The molecule has 0 radical (unpaired) electrons. The first-order valence-corrected chi connectivity index (χ1v) is 5.76. The number of hydrogen-bond acceptors (Lipinski definition) is 5. The van der Waals surface area contributed by atoms with E-state index < -0.39 is 0 Å². The van der Waals surface area contributed by atoms with E-state index in [9.17, 15) is 0 Å². The van der Waals surface area contributed by atoms with Crippen molar-refractivity contribution in [2.75, 3.05) is 24.6 Å². The number of nitrogen functional groups attached to an aromatic ring is 1. The molecule has 16 heavy (non-hydrogen) atoms. The van der Waals surface area contributed by atoms with Gasteiger partial charge < -0.3 is 16.8 Å². The lowest BCUT2D eigenvalue weighted by Crippen LogP contribution is -2.13. The molecule has 0 bridgehead atoms. The number of nitrogens with two attached hydrogens (primary N) is 2. The van der Waals surface area contributed by atoms with E-state index in [0.29, 0.717) is 12.5 Å². The molecule has 0 saturated carbocycles. The third-order valence-corrected chi connectivity index (χ3v) is 2.51. The van der Waals surface area contributed by atoms with Gasteiger partial charge in [-0.05, 0) is 25.8 Å². The fourth-order valence-electron chi connectivity index (χ4n) is 1.71. The lowest BCUT2D eigenvalue weighted by Gasteiger charge is -2.12. The molecule has 0 amide bonds. The van der Waals surface area contributed by atoms with Gasteiger partial charge in [0, 0.05) is 12.6 Å². The second kappa shape index (κ2) is 6.27. The summed E-state index contributed by atoms with van der Waals surface area (Å²) in [6.07, 6.45) is 3.97. The van der Waals surface area contributed by atoms with Crippen LogP contribution >= 0.6 is 0 Å². The van der Waals surface area contributed by atoms with Gasteiger partial charge in [-0.15, -0.1) is 0 Å². The van der Waals surface area contributed by atoms with Crippen molar-refractivity contribution in [2.24, 2.45) is 5.73 Å². The van der Waals surface area contributed by atoms with Crippen LogP contribution in [0.1, 0.15) is 31.0 Å². The van der Waals surface area contributed by atoms with Crippen molar-refractivity contribution in [2.45, 2.75) is 32.6 Å². The molecule has 5 N–H and O–H groups in total. The first kappa shape index (κ1) is 12.7. The maximum absolute atomic E-state index is 5.68. The Morgan fingerprint density at radius 3 is 2.56 bits per heavy atom. The highest BCUT2D eigenvalue weighted by Gasteiger charge is 2.11. The highest BCUT2D eigenvalue weighted by molar-refractivity contribution is 5.49. The summed E-state index contributed by atoms with van der Waals surface area (Å²) in [5, 5.41) is 3.05. The minimum Gasteiger partial charge on any atom is -0.373 e. The van der Waals surface area contributed by atoms with Gasteiger partial charge in [0.25, 0.3) is 0 Å². The van der Waals surface area contributed by atoms with Crippen molar-refractivity contribution in [1.82, 2.24) is 9.97 Å². The fraction of sp³-hybridized carbons (Fsp3) is 0.636. The summed E-state index contributed by atoms with van der Waals surface area (Å²) in [5.74, 6) is 1.14. The van der Waals surface area contributed by atoms with Crippen molar-refractivity contribution in [3.05, 3.63) is 11.3 Å². The first-order chi connectivity index (χ1) is 7.72. The predicted octanol–water partition coefficient (Wildman–Crippen LogP) is 0.944. The van der Waals surface area contributed by atoms with Crippen LogP contribution in [0.25, 0.3) is 0 Å². The van der Waals surface area contributed by atoms with E-state index in [2.05, 4.69) is 22.2 Å². The largest absolute Gasteiger partial charge is 0.373 e. The molecular formula is C11H21N5. The highest BCUT2D eigenvalue weighted by Crippen LogP contribution is 2.19. The van der Waals surface area contributed by atoms with E-state index in [4.69, 9.17) is 11.5 Å². The van der Waals surface area contributed by atoms with Crippen molar-refractivity contribution < 1.29 is 0 Å². The number of nitrogens with zero attached hydrogens (tertiary/aromatic N) is 2. The second-order valence-corrected chi connectivity index (χ2v) is 3.75. The molecule has 0 aliphatic rings. The van der Waals surface area contributed by atoms with E-state index in [-0.39, 0.29) is 0 Å². The number of nitrogens with one attached hydrogen (secondary N) is 1. The predicted molar refractivity (Wildman–Crippen MR) is 67.4 cm³/mol. The van der Waals surface area contributed by atoms with Crippen molar-refractivity contribution in [3.63, 3.8) is 0 Å². The maximum atomic E-state index is 5.68. The van der Waals surface area contributed by atoms with E-state index in [1.807, 2.05) is 7.05 Å². The van der Waals surface area contributed by atoms with Crippen LogP contribution in [0.15, 0.2) is 0 Å². The zero-order valence-corrected chi connectivity index (χ0v) is 10.1. The van der Waals surface area contributed by atoms with Crippen LogP contribution in [0.3, 0.4) is 0 Å². The standard InChI is InChI=1S/C11H21N5/c1-3-4-5-9-8(6-7-12)10(14-2)16-11(13)15-9/h3-7,12H2,1-2H3,(H3,13,14,15,16). The van der Waals surface area contributed by atoms with Gasteiger partial charge in [0.2, 0.25) is 5.95 Å². The molecule has 1 rings (SSSR count). The second-order valence-electron chi connectivity index (χ2n) is 3.75. The zero-order valence-electron chi connectivity index (χ0n) is 10.1. The molecule has 0 aliphatic heterocycles. The summed E-state index contributed by atoms with van der Waals surface area (Å²) in [4.78, 5) is 8.49. The van der Waals surface area contributed by atoms with Crippen molar-refractivity contribution in [3.8, 4) is 0 Å². The molecule has 1 aromatic rings. The number of aryl methyl sites for hydroxylation is 1. The number of aromatic nitrogens is 2. The number of rotatable bonds is 6. The van der Waals surface area contributed by atoms with Crippen LogP contribution < -0.4 is 16.8 Å². The Bertz CT molecular complexity index is 337. The third kappa shape index (κ3) is 3.06. The van der Waals surface area contributed by atoms with Gasteiger partial charge in [-0.1, -0.05) is 13.3 Å². The average molecular weight is 223 g/mol.